The summed E-state index contributed by atoms with van der Waals surface area (Å²) in [5.41, 5.74) is 6.33. The molecule has 1 heterocycles. The lowest BCUT2D eigenvalue weighted by Gasteiger charge is -2.05. The smallest absolute Gasteiger partial charge is 0.326 e. The van der Waals surface area contributed by atoms with Crippen molar-refractivity contribution < 1.29 is 13.2 Å². The molecular formula is C14H15F3N2S. The Hall–Kier alpha value is -1.40. The van der Waals surface area contributed by atoms with Gasteiger partial charge in [0.15, 0.2) is 5.69 Å². The summed E-state index contributed by atoms with van der Waals surface area (Å²) in [5, 5.41) is 0.355. The van der Waals surface area contributed by atoms with E-state index >= 15 is 0 Å². The van der Waals surface area contributed by atoms with E-state index in [4.69, 9.17) is 5.73 Å². The molecule has 0 aliphatic heterocycles. The summed E-state index contributed by atoms with van der Waals surface area (Å²) in [5.74, 6) is 0.380. The van der Waals surface area contributed by atoms with E-state index in [-0.39, 0.29) is 11.4 Å². The maximum Gasteiger partial charge on any atom is 0.434 e. The van der Waals surface area contributed by atoms with Gasteiger partial charge in [0.05, 0.1) is 4.88 Å². The van der Waals surface area contributed by atoms with Gasteiger partial charge in [0.1, 0.15) is 5.01 Å². The van der Waals surface area contributed by atoms with Crippen molar-refractivity contribution in [1.82, 2.24) is 4.98 Å². The van der Waals surface area contributed by atoms with Gasteiger partial charge in [-0.25, -0.2) is 4.98 Å². The molecule has 0 aliphatic rings. The monoisotopic (exact) mass is 300 g/mol. The number of alkyl halides is 3. The van der Waals surface area contributed by atoms with Gasteiger partial charge < -0.3 is 5.73 Å². The number of halogens is 3. The molecule has 0 aliphatic carbocycles. The van der Waals surface area contributed by atoms with E-state index in [9.17, 15) is 13.2 Å². The van der Waals surface area contributed by atoms with E-state index in [1.54, 1.807) is 12.1 Å². The zero-order chi connectivity index (χ0) is 14.9. The Morgan fingerprint density at radius 1 is 1.20 bits per heavy atom. The van der Waals surface area contributed by atoms with Gasteiger partial charge in [-0.3, -0.25) is 0 Å². The Morgan fingerprint density at radius 3 is 2.20 bits per heavy atom. The van der Waals surface area contributed by atoms with Crippen LogP contribution in [0.5, 0.6) is 0 Å². The van der Waals surface area contributed by atoms with Crippen LogP contribution in [0.2, 0.25) is 0 Å². The summed E-state index contributed by atoms with van der Waals surface area (Å²) < 4.78 is 38.5. The van der Waals surface area contributed by atoms with Crippen LogP contribution in [0.1, 0.15) is 35.9 Å². The SMILES string of the molecule is CC(C)c1ccc(-c2nc(C(F)(F)F)c(CN)s2)cc1. The largest absolute Gasteiger partial charge is 0.434 e. The summed E-state index contributed by atoms with van der Waals surface area (Å²) in [7, 11) is 0. The second-order valence-electron chi connectivity index (χ2n) is 4.77. The number of aromatic nitrogens is 1. The van der Waals surface area contributed by atoms with Crippen LogP contribution in [0.15, 0.2) is 24.3 Å². The molecule has 108 valence electrons. The molecule has 0 atom stereocenters. The van der Waals surface area contributed by atoms with Crippen LogP contribution < -0.4 is 5.73 Å². The molecule has 0 fully saturated rings. The summed E-state index contributed by atoms with van der Waals surface area (Å²) >= 11 is 0.998. The highest BCUT2D eigenvalue weighted by molar-refractivity contribution is 7.15. The van der Waals surface area contributed by atoms with Gasteiger partial charge in [0.2, 0.25) is 0 Å². The minimum absolute atomic E-state index is 0.0698. The quantitative estimate of drug-likeness (QED) is 0.912. The number of nitrogens with zero attached hydrogens (tertiary/aromatic N) is 1. The van der Waals surface area contributed by atoms with Crippen LogP contribution in [0.4, 0.5) is 13.2 Å². The zero-order valence-electron chi connectivity index (χ0n) is 11.2. The highest BCUT2D eigenvalue weighted by Gasteiger charge is 2.37. The van der Waals surface area contributed by atoms with Gasteiger partial charge in [-0.1, -0.05) is 38.1 Å². The summed E-state index contributed by atoms with van der Waals surface area (Å²) in [6.07, 6.45) is -4.46. The normalized spacial score (nSPS) is 12.2. The lowest BCUT2D eigenvalue weighted by atomic mass is 10.0. The predicted molar refractivity (Wildman–Crippen MR) is 74.5 cm³/mol. The van der Waals surface area contributed by atoms with Crippen molar-refractivity contribution in [3.05, 3.63) is 40.4 Å². The summed E-state index contributed by atoms with van der Waals surface area (Å²) in [4.78, 5) is 3.78. The minimum atomic E-state index is -4.46. The standard InChI is InChI=1S/C14H15F3N2S/c1-8(2)9-3-5-10(6-4-9)13-19-12(14(15,16)17)11(7-18)20-13/h3-6,8H,7,18H2,1-2H3. The van der Waals surface area contributed by atoms with Gasteiger partial charge in [-0.15, -0.1) is 11.3 Å². The molecule has 2 nitrogen and oxygen atoms in total. The number of rotatable bonds is 3. The van der Waals surface area contributed by atoms with E-state index in [0.717, 1.165) is 16.9 Å². The van der Waals surface area contributed by atoms with Crippen molar-refractivity contribution in [3.63, 3.8) is 0 Å². The molecule has 0 radical (unpaired) electrons. The van der Waals surface area contributed by atoms with E-state index in [1.807, 2.05) is 12.1 Å². The topological polar surface area (TPSA) is 38.9 Å². The first kappa shape index (κ1) is 15.0. The van der Waals surface area contributed by atoms with E-state index in [1.165, 1.54) is 0 Å². The van der Waals surface area contributed by atoms with Crippen molar-refractivity contribution in [1.29, 1.82) is 0 Å². The highest BCUT2D eigenvalue weighted by Crippen LogP contribution is 2.37. The van der Waals surface area contributed by atoms with Gasteiger partial charge in [0.25, 0.3) is 0 Å². The molecule has 0 saturated carbocycles. The average Bonchev–Trinajstić information content (AvgIpc) is 2.83. The van der Waals surface area contributed by atoms with E-state index in [2.05, 4.69) is 18.8 Å². The Bertz CT molecular complexity index is 585. The molecule has 0 bridgehead atoms. The first-order valence-corrected chi connectivity index (χ1v) is 7.02. The number of hydrogen-bond acceptors (Lipinski definition) is 3. The van der Waals surface area contributed by atoms with Gasteiger partial charge >= 0.3 is 6.18 Å². The molecule has 2 N–H and O–H groups in total. The lowest BCUT2D eigenvalue weighted by Crippen LogP contribution is -2.10. The van der Waals surface area contributed by atoms with Crippen LogP contribution in [-0.2, 0) is 12.7 Å². The Balaban J connectivity index is 2.40. The maximum absolute atomic E-state index is 12.8. The first-order chi connectivity index (χ1) is 9.32. The predicted octanol–water partition coefficient (Wildman–Crippen LogP) is 4.41. The molecule has 0 spiro atoms. The Kier molecular flexibility index (Phi) is 4.15. The van der Waals surface area contributed by atoms with E-state index in [0.29, 0.717) is 16.5 Å². The van der Waals surface area contributed by atoms with Crippen LogP contribution in [0.3, 0.4) is 0 Å². The first-order valence-electron chi connectivity index (χ1n) is 6.20. The van der Waals surface area contributed by atoms with E-state index < -0.39 is 11.9 Å². The van der Waals surface area contributed by atoms with Crippen molar-refractivity contribution in [2.75, 3.05) is 0 Å². The third-order valence-corrected chi connectivity index (χ3v) is 4.10. The molecule has 6 heteroatoms. The van der Waals surface area contributed by atoms with Crippen molar-refractivity contribution in [3.8, 4) is 10.6 Å². The van der Waals surface area contributed by atoms with Gasteiger partial charge in [0, 0.05) is 12.1 Å². The van der Waals surface area contributed by atoms with Gasteiger partial charge in [-0.05, 0) is 11.5 Å². The summed E-state index contributed by atoms with van der Waals surface area (Å²) in [6.45, 7) is 3.97. The fourth-order valence-electron chi connectivity index (χ4n) is 1.85. The molecule has 1 aromatic heterocycles. The number of benzene rings is 1. The van der Waals surface area contributed by atoms with Crippen LogP contribution in [0.25, 0.3) is 10.6 Å². The highest BCUT2D eigenvalue weighted by atomic mass is 32.1. The van der Waals surface area contributed by atoms with Crippen molar-refractivity contribution >= 4 is 11.3 Å². The number of thiazole rings is 1. The summed E-state index contributed by atoms with van der Waals surface area (Å²) in [6, 6.07) is 7.43. The molecule has 0 unspecified atom stereocenters. The van der Waals surface area contributed by atoms with Crippen LogP contribution in [0, 0.1) is 0 Å². The Labute approximate surface area is 119 Å². The third kappa shape index (κ3) is 3.02. The second-order valence-corrected chi connectivity index (χ2v) is 5.85. The molecule has 1 aromatic carbocycles. The fourth-order valence-corrected chi connectivity index (χ4v) is 2.81. The zero-order valence-corrected chi connectivity index (χ0v) is 12.0. The second kappa shape index (κ2) is 5.54. The molecule has 0 amide bonds. The molecule has 2 aromatic rings. The van der Waals surface area contributed by atoms with Gasteiger partial charge in [-0.2, -0.15) is 13.2 Å². The number of hydrogen-bond donors (Lipinski definition) is 1. The molecule has 0 saturated heterocycles. The molecule has 20 heavy (non-hydrogen) atoms. The van der Waals surface area contributed by atoms with Crippen LogP contribution >= 0.6 is 11.3 Å². The van der Waals surface area contributed by atoms with Crippen molar-refractivity contribution in [2.45, 2.75) is 32.5 Å². The minimum Gasteiger partial charge on any atom is -0.326 e. The third-order valence-electron chi connectivity index (χ3n) is 2.98. The Morgan fingerprint density at radius 2 is 1.80 bits per heavy atom. The molecular weight excluding hydrogens is 285 g/mol. The van der Waals surface area contributed by atoms with Crippen molar-refractivity contribution in [2.24, 2.45) is 5.73 Å². The fraction of sp³-hybridized carbons (Fsp3) is 0.357. The molecule has 2 rings (SSSR count). The maximum atomic E-state index is 12.8. The lowest BCUT2D eigenvalue weighted by molar-refractivity contribution is -0.141. The average molecular weight is 300 g/mol. The number of nitrogens with two attached hydrogens (primary N) is 1. The van der Waals surface area contributed by atoms with Crippen LogP contribution in [-0.4, -0.2) is 4.98 Å².